The molecule has 19 heavy (non-hydrogen) atoms. The molecule has 0 aliphatic heterocycles. The molecule has 0 aliphatic rings. The van der Waals surface area contributed by atoms with Crippen molar-refractivity contribution in [3.05, 3.63) is 34.9 Å². The molecule has 1 aromatic carbocycles. The van der Waals surface area contributed by atoms with Gasteiger partial charge in [-0.15, -0.1) is 0 Å². The summed E-state index contributed by atoms with van der Waals surface area (Å²) in [6, 6.07) is 6.17. The first-order valence-corrected chi connectivity index (χ1v) is 6.97. The van der Waals surface area contributed by atoms with Crippen molar-refractivity contribution in [2.24, 2.45) is 5.73 Å². The maximum Gasteiger partial charge on any atom is 0.224 e. The third-order valence-electron chi connectivity index (χ3n) is 3.85. The predicted octanol–water partition coefficient (Wildman–Crippen LogP) is 2.48. The van der Waals surface area contributed by atoms with E-state index in [2.05, 4.69) is 45.1 Å². The number of benzene rings is 1. The van der Waals surface area contributed by atoms with Crippen molar-refractivity contribution in [1.29, 1.82) is 0 Å². The van der Waals surface area contributed by atoms with E-state index >= 15 is 0 Å². The first kappa shape index (κ1) is 15.7. The Morgan fingerprint density at radius 3 is 2.53 bits per heavy atom. The summed E-state index contributed by atoms with van der Waals surface area (Å²) in [5.74, 6) is 0.0704. The van der Waals surface area contributed by atoms with Crippen LogP contribution < -0.4 is 11.1 Å². The molecular weight excluding hydrogens is 236 g/mol. The van der Waals surface area contributed by atoms with Gasteiger partial charge in [-0.2, -0.15) is 0 Å². The predicted molar refractivity (Wildman–Crippen MR) is 80.1 cm³/mol. The summed E-state index contributed by atoms with van der Waals surface area (Å²) in [4.78, 5) is 12.1. The SMILES string of the molecule is CCC(C)(CCN)NC(=O)Cc1ccc(C)c(C)c1. The zero-order valence-electron chi connectivity index (χ0n) is 12.5. The Kier molecular flexibility index (Phi) is 5.55. The topological polar surface area (TPSA) is 55.1 Å². The van der Waals surface area contributed by atoms with Crippen LogP contribution in [0.5, 0.6) is 0 Å². The number of carbonyl (C=O) groups excluding carboxylic acids is 1. The molecule has 1 rings (SSSR count). The Morgan fingerprint density at radius 1 is 1.32 bits per heavy atom. The minimum absolute atomic E-state index is 0.0704. The number of rotatable bonds is 6. The quantitative estimate of drug-likeness (QED) is 0.827. The van der Waals surface area contributed by atoms with Crippen LogP contribution in [0.15, 0.2) is 18.2 Å². The van der Waals surface area contributed by atoms with Gasteiger partial charge in [0.2, 0.25) is 5.91 Å². The summed E-state index contributed by atoms with van der Waals surface area (Å²) in [6.45, 7) is 8.87. The van der Waals surface area contributed by atoms with Crippen molar-refractivity contribution in [2.45, 2.75) is 52.5 Å². The molecule has 1 aromatic rings. The number of nitrogens with two attached hydrogens (primary N) is 1. The Hall–Kier alpha value is -1.35. The number of hydrogen-bond acceptors (Lipinski definition) is 2. The normalized spacial score (nSPS) is 13.9. The lowest BCUT2D eigenvalue weighted by atomic mass is 9.94. The minimum atomic E-state index is -0.189. The maximum absolute atomic E-state index is 12.1. The Morgan fingerprint density at radius 2 is 2.00 bits per heavy atom. The molecule has 0 radical (unpaired) electrons. The van der Waals surface area contributed by atoms with Crippen molar-refractivity contribution < 1.29 is 4.79 Å². The highest BCUT2D eigenvalue weighted by Crippen LogP contribution is 2.15. The van der Waals surface area contributed by atoms with E-state index in [-0.39, 0.29) is 11.4 Å². The van der Waals surface area contributed by atoms with Gasteiger partial charge < -0.3 is 11.1 Å². The van der Waals surface area contributed by atoms with Gasteiger partial charge in [-0.3, -0.25) is 4.79 Å². The van der Waals surface area contributed by atoms with E-state index in [9.17, 15) is 4.79 Å². The van der Waals surface area contributed by atoms with Gasteiger partial charge in [0.05, 0.1) is 6.42 Å². The minimum Gasteiger partial charge on any atom is -0.351 e. The first-order valence-electron chi connectivity index (χ1n) is 6.97. The van der Waals surface area contributed by atoms with Crippen LogP contribution in [0, 0.1) is 13.8 Å². The molecule has 0 fully saturated rings. The number of hydrogen-bond donors (Lipinski definition) is 2. The van der Waals surface area contributed by atoms with E-state index in [1.807, 2.05) is 6.07 Å². The van der Waals surface area contributed by atoms with Crippen LogP contribution in [0.4, 0.5) is 0 Å². The van der Waals surface area contributed by atoms with Gasteiger partial charge in [-0.25, -0.2) is 0 Å². The summed E-state index contributed by atoms with van der Waals surface area (Å²) >= 11 is 0. The number of nitrogens with one attached hydrogen (secondary N) is 1. The molecule has 1 atom stereocenters. The van der Waals surface area contributed by atoms with Gasteiger partial charge in [0.15, 0.2) is 0 Å². The van der Waals surface area contributed by atoms with Crippen molar-refractivity contribution in [2.75, 3.05) is 6.54 Å². The van der Waals surface area contributed by atoms with Crippen LogP contribution in [0.3, 0.4) is 0 Å². The molecular formula is C16H26N2O. The van der Waals surface area contributed by atoms with E-state index in [0.717, 1.165) is 18.4 Å². The lowest BCUT2D eigenvalue weighted by molar-refractivity contribution is -0.122. The first-order chi connectivity index (χ1) is 8.90. The van der Waals surface area contributed by atoms with Gasteiger partial charge in [-0.1, -0.05) is 25.1 Å². The average molecular weight is 262 g/mol. The van der Waals surface area contributed by atoms with Gasteiger partial charge in [0.25, 0.3) is 0 Å². The number of amides is 1. The smallest absolute Gasteiger partial charge is 0.224 e. The van der Waals surface area contributed by atoms with Crippen molar-refractivity contribution in [3.8, 4) is 0 Å². The molecule has 106 valence electrons. The van der Waals surface area contributed by atoms with Crippen molar-refractivity contribution >= 4 is 5.91 Å². The second-order valence-corrected chi connectivity index (χ2v) is 5.60. The molecule has 0 bridgehead atoms. The van der Waals surface area contributed by atoms with Crippen LogP contribution in [0.2, 0.25) is 0 Å². The maximum atomic E-state index is 12.1. The van der Waals surface area contributed by atoms with E-state index in [1.54, 1.807) is 0 Å². The van der Waals surface area contributed by atoms with Gasteiger partial charge in [0, 0.05) is 5.54 Å². The summed E-state index contributed by atoms with van der Waals surface area (Å²) in [7, 11) is 0. The molecule has 1 unspecified atom stereocenters. The Bertz CT molecular complexity index is 442. The van der Waals surface area contributed by atoms with E-state index in [4.69, 9.17) is 5.73 Å². The second-order valence-electron chi connectivity index (χ2n) is 5.60. The highest BCUT2D eigenvalue weighted by Gasteiger charge is 2.23. The highest BCUT2D eigenvalue weighted by atomic mass is 16.1. The second kappa shape index (κ2) is 6.71. The summed E-state index contributed by atoms with van der Waals surface area (Å²) < 4.78 is 0. The van der Waals surface area contributed by atoms with E-state index in [0.29, 0.717) is 13.0 Å². The largest absolute Gasteiger partial charge is 0.351 e. The summed E-state index contributed by atoms with van der Waals surface area (Å²) in [5, 5.41) is 3.11. The average Bonchev–Trinajstić information content (AvgIpc) is 2.34. The van der Waals surface area contributed by atoms with Crippen molar-refractivity contribution in [3.63, 3.8) is 0 Å². The van der Waals surface area contributed by atoms with Crippen molar-refractivity contribution in [1.82, 2.24) is 5.32 Å². The fourth-order valence-corrected chi connectivity index (χ4v) is 2.13. The monoisotopic (exact) mass is 262 g/mol. The van der Waals surface area contributed by atoms with Gasteiger partial charge in [-0.05, 0) is 56.8 Å². The fraction of sp³-hybridized carbons (Fsp3) is 0.562. The number of carbonyl (C=O) groups is 1. The van der Waals surface area contributed by atoms with E-state index in [1.165, 1.54) is 11.1 Å². The van der Waals surface area contributed by atoms with Crippen LogP contribution in [-0.2, 0) is 11.2 Å². The van der Waals surface area contributed by atoms with E-state index < -0.39 is 0 Å². The molecule has 3 N–H and O–H groups in total. The molecule has 0 spiro atoms. The molecule has 0 heterocycles. The summed E-state index contributed by atoms with van der Waals surface area (Å²) in [5.41, 5.74) is 8.96. The third-order valence-corrected chi connectivity index (χ3v) is 3.85. The molecule has 3 nitrogen and oxygen atoms in total. The molecule has 0 aliphatic carbocycles. The van der Waals surface area contributed by atoms with Gasteiger partial charge in [0.1, 0.15) is 0 Å². The molecule has 1 amide bonds. The molecule has 0 saturated carbocycles. The zero-order chi connectivity index (χ0) is 14.5. The Labute approximate surface area is 116 Å². The fourth-order valence-electron chi connectivity index (χ4n) is 2.13. The molecule has 0 saturated heterocycles. The lowest BCUT2D eigenvalue weighted by Crippen LogP contribution is -2.47. The van der Waals surface area contributed by atoms with Crippen LogP contribution in [0.25, 0.3) is 0 Å². The number of aryl methyl sites for hydroxylation is 2. The highest BCUT2D eigenvalue weighted by molar-refractivity contribution is 5.79. The third kappa shape index (κ3) is 4.67. The lowest BCUT2D eigenvalue weighted by Gasteiger charge is -2.29. The molecule has 0 aromatic heterocycles. The van der Waals surface area contributed by atoms with Crippen LogP contribution in [-0.4, -0.2) is 18.0 Å². The van der Waals surface area contributed by atoms with Crippen LogP contribution >= 0.6 is 0 Å². The van der Waals surface area contributed by atoms with Crippen LogP contribution in [0.1, 0.15) is 43.4 Å². The van der Waals surface area contributed by atoms with Gasteiger partial charge >= 0.3 is 0 Å². The standard InChI is InChI=1S/C16H26N2O/c1-5-16(4,8-9-17)18-15(19)11-14-7-6-12(2)13(3)10-14/h6-7,10H,5,8-9,11,17H2,1-4H3,(H,18,19). The summed E-state index contributed by atoms with van der Waals surface area (Å²) in [6.07, 6.45) is 2.13. The molecule has 3 heteroatoms. The Balaban J connectivity index is 2.66. The zero-order valence-corrected chi connectivity index (χ0v) is 12.5.